The van der Waals surface area contributed by atoms with Crippen molar-refractivity contribution in [2.24, 2.45) is 4.99 Å². The van der Waals surface area contributed by atoms with E-state index in [0.717, 1.165) is 0 Å². The van der Waals surface area contributed by atoms with Crippen LogP contribution >= 0.6 is 0 Å². The summed E-state index contributed by atoms with van der Waals surface area (Å²) in [5.41, 5.74) is 1.47. The molecule has 0 aliphatic heterocycles. The van der Waals surface area contributed by atoms with Gasteiger partial charge in [0.2, 0.25) is 5.76 Å². The van der Waals surface area contributed by atoms with Crippen molar-refractivity contribution in [1.29, 1.82) is 0 Å². The molecule has 0 aliphatic rings. The molecule has 23 heavy (non-hydrogen) atoms. The van der Waals surface area contributed by atoms with Crippen LogP contribution in [0.25, 0.3) is 11.3 Å². The van der Waals surface area contributed by atoms with Gasteiger partial charge in [0.25, 0.3) is 5.91 Å². The lowest BCUT2D eigenvalue weighted by Crippen LogP contribution is -2.09. The van der Waals surface area contributed by atoms with Crippen molar-refractivity contribution >= 4 is 18.2 Å². The van der Waals surface area contributed by atoms with Gasteiger partial charge in [0, 0.05) is 32.1 Å². The minimum absolute atomic E-state index is 0.0368. The Morgan fingerprint density at radius 3 is 2.48 bits per heavy atom. The summed E-state index contributed by atoms with van der Waals surface area (Å²) in [5, 5.41) is 0. The summed E-state index contributed by atoms with van der Waals surface area (Å²) in [6.07, 6.45) is 1.44. The second kappa shape index (κ2) is 6.87. The fourth-order valence-corrected chi connectivity index (χ4v) is 1.87. The van der Waals surface area contributed by atoms with E-state index in [4.69, 9.17) is 4.42 Å². The number of ether oxygens (including phenoxy) is 1. The first-order valence-electron chi connectivity index (χ1n) is 6.83. The quantitative estimate of drug-likeness (QED) is 0.488. The molecule has 1 aromatic carbocycles. The van der Waals surface area contributed by atoms with Crippen LogP contribution in [-0.4, -0.2) is 49.3 Å². The lowest BCUT2D eigenvalue weighted by atomic mass is 10.1. The van der Waals surface area contributed by atoms with Gasteiger partial charge in [-0.25, -0.2) is 9.78 Å². The Hall–Kier alpha value is -2.96. The van der Waals surface area contributed by atoms with E-state index in [9.17, 15) is 9.59 Å². The molecule has 120 valence electrons. The molecule has 2 rings (SSSR count). The highest BCUT2D eigenvalue weighted by molar-refractivity contribution is 5.99. The van der Waals surface area contributed by atoms with Gasteiger partial charge >= 0.3 is 5.97 Å². The van der Waals surface area contributed by atoms with Crippen molar-refractivity contribution < 1.29 is 18.7 Å². The van der Waals surface area contributed by atoms with Crippen LogP contribution in [0.15, 0.2) is 33.7 Å². The highest BCUT2D eigenvalue weighted by Gasteiger charge is 2.21. The maximum Gasteiger partial charge on any atom is 0.376 e. The van der Waals surface area contributed by atoms with Gasteiger partial charge in [-0.15, -0.1) is 0 Å². The first-order valence-corrected chi connectivity index (χ1v) is 6.83. The fraction of sp³-hybridized carbons (Fsp3) is 0.250. The molecule has 0 N–H and O–H groups in total. The van der Waals surface area contributed by atoms with E-state index >= 15 is 0 Å². The normalized spacial score (nSPS) is 10.8. The largest absolute Gasteiger partial charge is 0.463 e. The number of oxazole rings is 1. The zero-order chi connectivity index (χ0) is 17.0. The van der Waals surface area contributed by atoms with Crippen LogP contribution in [0.3, 0.4) is 0 Å². The number of aryl methyl sites for hydroxylation is 1. The van der Waals surface area contributed by atoms with Crippen molar-refractivity contribution in [3.8, 4) is 11.3 Å². The summed E-state index contributed by atoms with van der Waals surface area (Å²) in [5.74, 6) is -0.558. The zero-order valence-electron chi connectivity index (χ0n) is 13.4. The Morgan fingerprint density at radius 1 is 1.26 bits per heavy atom. The molecular formula is C16H17N3O4. The third-order valence-electron chi connectivity index (χ3n) is 2.92. The van der Waals surface area contributed by atoms with Crippen LogP contribution in [0.4, 0.5) is 0 Å². The maximum atomic E-state index is 11.9. The molecule has 0 unspecified atom stereocenters. The minimum Gasteiger partial charge on any atom is -0.463 e. The summed E-state index contributed by atoms with van der Waals surface area (Å²) in [4.78, 5) is 33.3. The standard InChI is InChI=1S/C16H17N3O4/c1-10-18-13(14(23-10)16(21)22-4)11-5-7-12(8-6-11)15(20)17-9-19(2)3/h5-9H,1-4H3. The molecule has 0 saturated carbocycles. The van der Waals surface area contributed by atoms with Crippen molar-refractivity contribution in [2.75, 3.05) is 21.2 Å². The lowest BCUT2D eigenvalue weighted by Gasteiger charge is -2.03. The molecule has 1 heterocycles. The van der Waals surface area contributed by atoms with E-state index in [1.165, 1.54) is 13.4 Å². The van der Waals surface area contributed by atoms with E-state index in [1.807, 2.05) is 0 Å². The number of methoxy groups -OCH3 is 1. The summed E-state index contributed by atoms with van der Waals surface area (Å²) in [6, 6.07) is 6.61. The number of aromatic nitrogens is 1. The fourth-order valence-electron chi connectivity index (χ4n) is 1.87. The van der Waals surface area contributed by atoms with Crippen molar-refractivity contribution in [3.05, 3.63) is 41.5 Å². The molecule has 0 spiro atoms. The van der Waals surface area contributed by atoms with Gasteiger partial charge in [-0.3, -0.25) is 4.79 Å². The Bertz CT molecular complexity index is 745. The molecule has 0 atom stereocenters. The van der Waals surface area contributed by atoms with E-state index in [2.05, 4.69) is 14.7 Å². The zero-order valence-corrected chi connectivity index (χ0v) is 13.4. The molecule has 0 saturated heterocycles. The predicted molar refractivity (Wildman–Crippen MR) is 84.5 cm³/mol. The molecule has 7 nitrogen and oxygen atoms in total. The van der Waals surface area contributed by atoms with Crippen LogP contribution in [0.1, 0.15) is 26.8 Å². The second-order valence-electron chi connectivity index (χ2n) is 4.99. The highest BCUT2D eigenvalue weighted by Crippen LogP contribution is 2.25. The first kappa shape index (κ1) is 16.4. The third-order valence-corrected chi connectivity index (χ3v) is 2.92. The highest BCUT2D eigenvalue weighted by atomic mass is 16.5. The Kier molecular flexibility index (Phi) is 4.90. The number of aliphatic imine (C=N–C) groups is 1. The average molecular weight is 315 g/mol. The molecule has 0 aliphatic carbocycles. The number of benzene rings is 1. The SMILES string of the molecule is COC(=O)c1oc(C)nc1-c1ccc(C(=O)N=CN(C)C)cc1. The smallest absolute Gasteiger partial charge is 0.376 e. The van der Waals surface area contributed by atoms with Crippen molar-refractivity contribution in [3.63, 3.8) is 0 Å². The minimum atomic E-state index is -0.601. The number of amides is 1. The maximum absolute atomic E-state index is 11.9. The van der Waals surface area contributed by atoms with Gasteiger partial charge in [-0.05, 0) is 12.1 Å². The van der Waals surface area contributed by atoms with Crippen LogP contribution in [-0.2, 0) is 4.74 Å². The predicted octanol–water partition coefficient (Wildman–Crippen LogP) is 2.17. The van der Waals surface area contributed by atoms with Gasteiger partial charge in [0.1, 0.15) is 5.69 Å². The van der Waals surface area contributed by atoms with Crippen LogP contribution in [0, 0.1) is 6.92 Å². The number of rotatable bonds is 4. The van der Waals surface area contributed by atoms with Gasteiger partial charge in [0.15, 0.2) is 5.89 Å². The summed E-state index contributed by atoms with van der Waals surface area (Å²) >= 11 is 0. The van der Waals surface area contributed by atoms with Gasteiger partial charge < -0.3 is 14.1 Å². The van der Waals surface area contributed by atoms with Crippen LogP contribution in [0.2, 0.25) is 0 Å². The van der Waals surface area contributed by atoms with Gasteiger partial charge in [-0.2, -0.15) is 4.99 Å². The number of hydrogen-bond donors (Lipinski definition) is 0. The monoisotopic (exact) mass is 315 g/mol. The van der Waals surface area contributed by atoms with Gasteiger partial charge in [0.05, 0.1) is 13.4 Å². The summed E-state index contributed by atoms with van der Waals surface area (Å²) < 4.78 is 9.96. The number of carbonyl (C=O) groups excluding carboxylic acids is 2. The number of esters is 1. The molecule has 2 aromatic rings. The first-order chi connectivity index (χ1) is 10.9. The number of nitrogens with zero attached hydrogens (tertiary/aromatic N) is 3. The van der Waals surface area contributed by atoms with E-state index < -0.39 is 5.97 Å². The molecule has 0 fully saturated rings. The molecule has 0 radical (unpaired) electrons. The molecule has 1 amide bonds. The summed E-state index contributed by atoms with van der Waals surface area (Å²) in [6.45, 7) is 1.64. The third kappa shape index (κ3) is 3.82. The molecule has 1 aromatic heterocycles. The van der Waals surface area contributed by atoms with Crippen molar-refractivity contribution in [2.45, 2.75) is 6.92 Å². The Morgan fingerprint density at radius 2 is 1.91 bits per heavy atom. The Labute approximate surface area is 133 Å². The summed E-state index contributed by atoms with van der Waals surface area (Å²) in [7, 11) is 4.83. The topological polar surface area (TPSA) is 85.0 Å². The molecule has 7 heteroatoms. The Balaban J connectivity index is 2.30. The van der Waals surface area contributed by atoms with E-state index in [0.29, 0.717) is 22.7 Å². The van der Waals surface area contributed by atoms with E-state index in [-0.39, 0.29) is 11.7 Å². The number of hydrogen-bond acceptors (Lipinski definition) is 5. The molecule has 0 bridgehead atoms. The van der Waals surface area contributed by atoms with Crippen molar-refractivity contribution in [1.82, 2.24) is 9.88 Å². The second-order valence-corrected chi connectivity index (χ2v) is 4.99. The lowest BCUT2D eigenvalue weighted by molar-refractivity contribution is 0.0564. The van der Waals surface area contributed by atoms with Gasteiger partial charge in [-0.1, -0.05) is 12.1 Å². The average Bonchev–Trinajstić information content (AvgIpc) is 2.93. The number of carbonyl (C=O) groups is 2. The van der Waals surface area contributed by atoms with Crippen LogP contribution in [0.5, 0.6) is 0 Å². The van der Waals surface area contributed by atoms with Crippen LogP contribution < -0.4 is 0 Å². The molecular weight excluding hydrogens is 298 g/mol. The van der Waals surface area contributed by atoms with E-state index in [1.54, 1.807) is 50.2 Å².